The van der Waals surface area contributed by atoms with Crippen molar-refractivity contribution in [3.8, 4) is 28.5 Å². The van der Waals surface area contributed by atoms with Crippen LogP contribution in [0.4, 0.5) is 0 Å². The summed E-state index contributed by atoms with van der Waals surface area (Å²) in [5.74, 6) is 0. The molecule has 0 spiro atoms. The Morgan fingerprint density at radius 2 is 1.47 bits per heavy atom. The molecule has 3 nitrogen and oxygen atoms in total. The van der Waals surface area contributed by atoms with Crippen molar-refractivity contribution in [2.75, 3.05) is 0 Å². The van der Waals surface area contributed by atoms with Gasteiger partial charge in [0.15, 0.2) is 5.69 Å². The highest BCUT2D eigenvalue weighted by Crippen LogP contribution is 2.41. The lowest BCUT2D eigenvalue weighted by molar-refractivity contribution is -0.666. The summed E-state index contributed by atoms with van der Waals surface area (Å²) < 4.78 is 8.77. The van der Waals surface area contributed by atoms with Gasteiger partial charge in [-0.2, -0.15) is 9.83 Å². The molecular weight excluding hydrogens is 368 g/mol. The average Bonchev–Trinajstić information content (AvgIpc) is 3.14. The van der Waals surface area contributed by atoms with Gasteiger partial charge < -0.3 is 4.42 Å². The molecule has 144 valence electrons. The Hall–Kier alpha value is -3.90. The summed E-state index contributed by atoms with van der Waals surface area (Å²) in [5.41, 5.74) is 8.61. The lowest BCUT2D eigenvalue weighted by Gasteiger charge is -2.06. The van der Waals surface area contributed by atoms with Gasteiger partial charge in [0.05, 0.1) is 17.2 Å². The zero-order valence-corrected chi connectivity index (χ0v) is 17.2. The lowest BCUT2D eigenvalue weighted by atomic mass is 9.96. The van der Waals surface area contributed by atoms with E-state index in [9.17, 15) is 5.26 Å². The maximum absolute atomic E-state index is 9.76. The van der Waals surface area contributed by atoms with Gasteiger partial charge in [0.2, 0.25) is 5.69 Å². The molecule has 30 heavy (non-hydrogen) atoms. The van der Waals surface area contributed by atoms with Crippen LogP contribution in [-0.2, 0) is 7.05 Å². The molecule has 0 saturated carbocycles. The summed E-state index contributed by atoms with van der Waals surface area (Å²) >= 11 is 0. The molecule has 0 bridgehead atoms. The van der Waals surface area contributed by atoms with Crippen LogP contribution in [0.25, 0.3) is 44.3 Å². The summed E-state index contributed by atoms with van der Waals surface area (Å²) in [7, 11) is 2.08. The highest BCUT2D eigenvalue weighted by molar-refractivity contribution is 6.13. The second-order valence-electron chi connectivity index (χ2n) is 7.69. The largest absolute Gasteiger partial charge is 0.454 e. The van der Waals surface area contributed by atoms with E-state index in [2.05, 4.69) is 61.9 Å². The molecule has 0 N–H and O–H groups in total. The van der Waals surface area contributed by atoms with Crippen molar-refractivity contribution in [3.63, 3.8) is 0 Å². The zero-order chi connectivity index (χ0) is 20.8. The van der Waals surface area contributed by atoms with Gasteiger partial charge in [0.25, 0.3) is 0 Å². The van der Waals surface area contributed by atoms with Gasteiger partial charge in [-0.05, 0) is 36.2 Å². The van der Waals surface area contributed by atoms with E-state index in [1.54, 1.807) is 0 Å². The summed E-state index contributed by atoms with van der Waals surface area (Å²) in [6, 6.07) is 26.8. The fraction of sp³-hybridized carbons (Fsp3) is 0.111. The Kier molecular flexibility index (Phi) is 4.15. The number of hydrogen-bond donors (Lipinski definition) is 0. The van der Waals surface area contributed by atoms with Crippen molar-refractivity contribution in [1.29, 1.82) is 5.26 Å². The lowest BCUT2D eigenvalue weighted by Crippen LogP contribution is -2.34. The van der Waals surface area contributed by atoms with Crippen LogP contribution in [0.2, 0.25) is 0 Å². The highest BCUT2D eigenvalue weighted by Gasteiger charge is 2.23. The van der Waals surface area contributed by atoms with Crippen molar-refractivity contribution in [2.24, 2.45) is 7.05 Å². The minimum absolute atomic E-state index is 0.618. The number of aryl methyl sites for hydroxylation is 2. The Bertz CT molecular complexity index is 1470. The SMILES string of the molecule is Cc1ccc2c(oc3c(-c4ccccc4)c(C#N)ccc32)c1-c1cccc(C)[n+]1C. The molecule has 0 radical (unpaired) electrons. The molecule has 0 aliphatic carbocycles. The van der Waals surface area contributed by atoms with Crippen LogP contribution in [0, 0.1) is 25.2 Å². The molecule has 2 aromatic heterocycles. The topological polar surface area (TPSA) is 40.8 Å². The molecule has 0 unspecified atom stereocenters. The average molecular weight is 389 g/mol. The number of benzene rings is 3. The molecule has 0 amide bonds. The van der Waals surface area contributed by atoms with Crippen LogP contribution in [0.15, 0.2) is 77.2 Å². The first-order chi connectivity index (χ1) is 14.6. The second kappa shape index (κ2) is 6.86. The minimum Gasteiger partial charge on any atom is -0.454 e. The van der Waals surface area contributed by atoms with Crippen LogP contribution in [-0.4, -0.2) is 0 Å². The molecule has 0 fully saturated rings. The van der Waals surface area contributed by atoms with Gasteiger partial charge in [-0.1, -0.05) is 42.5 Å². The number of hydrogen-bond acceptors (Lipinski definition) is 2. The zero-order valence-electron chi connectivity index (χ0n) is 17.2. The number of nitriles is 1. The van der Waals surface area contributed by atoms with Crippen molar-refractivity contribution < 1.29 is 8.98 Å². The minimum atomic E-state index is 0.618. The third kappa shape index (κ3) is 2.62. The number of nitrogens with zero attached hydrogens (tertiary/aromatic N) is 2. The first kappa shape index (κ1) is 18.1. The molecule has 5 aromatic rings. The normalized spacial score (nSPS) is 11.1. The van der Waals surface area contributed by atoms with Crippen molar-refractivity contribution >= 4 is 21.9 Å². The third-order valence-electron chi connectivity index (χ3n) is 5.94. The van der Waals surface area contributed by atoms with Crippen LogP contribution >= 0.6 is 0 Å². The summed E-state index contributed by atoms with van der Waals surface area (Å²) in [5, 5.41) is 11.9. The quantitative estimate of drug-likeness (QED) is 0.336. The van der Waals surface area contributed by atoms with Crippen molar-refractivity contribution in [2.45, 2.75) is 13.8 Å². The van der Waals surface area contributed by atoms with Crippen molar-refractivity contribution in [3.05, 3.63) is 89.6 Å². The van der Waals surface area contributed by atoms with Crippen LogP contribution in [0.5, 0.6) is 0 Å². The van der Waals surface area contributed by atoms with E-state index in [-0.39, 0.29) is 0 Å². The standard InChI is InChI=1S/C27H21N2O/c1-17-12-14-21-22-15-13-20(16-28)25(19-9-5-4-6-10-19)27(22)30-26(21)24(17)23-11-7-8-18(2)29(23)3/h4-15H,1-3H3/q+1. The molecule has 0 saturated heterocycles. The van der Waals surface area contributed by atoms with E-state index < -0.39 is 0 Å². The Balaban J connectivity index is 1.93. The monoisotopic (exact) mass is 389 g/mol. The first-order valence-electron chi connectivity index (χ1n) is 10.0. The first-order valence-corrected chi connectivity index (χ1v) is 10.0. The number of rotatable bonds is 2. The maximum Gasteiger partial charge on any atom is 0.216 e. The molecule has 2 heterocycles. The molecule has 5 rings (SSSR count). The van der Waals surface area contributed by atoms with Crippen LogP contribution < -0.4 is 4.57 Å². The molecule has 0 aliphatic heterocycles. The van der Waals surface area contributed by atoms with E-state index in [1.807, 2.05) is 42.5 Å². The van der Waals surface area contributed by atoms with Crippen LogP contribution in [0.3, 0.4) is 0 Å². The molecule has 3 aromatic carbocycles. The van der Waals surface area contributed by atoms with Gasteiger partial charge in [-0.3, -0.25) is 0 Å². The van der Waals surface area contributed by atoms with Gasteiger partial charge in [-0.25, -0.2) is 0 Å². The molecule has 0 aliphatic rings. The van der Waals surface area contributed by atoms with E-state index in [1.165, 1.54) is 5.69 Å². The number of furan rings is 1. The second-order valence-corrected chi connectivity index (χ2v) is 7.69. The number of fused-ring (bicyclic) bond motifs is 3. The predicted octanol–water partition coefficient (Wildman–Crippen LogP) is 6.23. The van der Waals surface area contributed by atoms with Gasteiger partial charge in [0, 0.05) is 35.4 Å². The highest BCUT2D eigenvalue weighted by atomic mass is 16.3. The molecular formula is C27H21N2O+. The maximum atomic E-state index is 9.76. The molecule has 0 atom stereocenters. The Morgan fingerprint density at radius 3 is 2.20 bits per heavy atom. The smallest absolute Gasteiger partial charge is 0.216 e. The Morgan fingerprint density at radius 1 is 0.767 bits per heavy atom. The van der Waals surface area contributed by atoms with E-state index in [0.29, 0.717) is 5.56 Å². The summed E-state index contributed by atoms with van der Waals surface area (Å²) in [6.07, 6.45) is 0. The van der Waals surface area contributed by atoms with Crippen LogP contribution in [0.1, 0.15) is 16.8 Å². The predicted molar refractivity (Wildman–Crippen MR) is 120 cm³/mol. The van der Waals surface area contributed by atoms with Gasteiger partial charge in [-0.15, -0.1) is 0 Å². The van der Waals surface area contributed by atoms with E-state index in [4.69, 9.17) is 4.42 Å². The fourth-order valence-electron chi connectivity index (χ4n) is 4.25. The Labute approximate surface area is 175 Å². The number of pyridine rings is 1. The third-order valence-corrected chi connectivity index (χ3v) is 5.94. The fourth-order valence-corrected chi connectivity index (χ4v) is 4.25. The van der Waals surface area contributed by atoms with Crippen molar-refractivity contribution in [1.82, 2.24) is 0 Å². The van der Waals surface area contributed by atoms with Gasteiger partial charge in [0.1, 0.15) is 18.2 Å². The van der Waals surface area contributed by atoms with Gasteiger partial charge >= 0.3 is 0 Å². The number of aromatic nitrogens is 1. The molecule has 3 heteroatoms. The van der Waals surface area contributed by atoms with E-state index >= 15 is 0 Å². The summed E-state index contributed by atoms with van der Waals surface area (Å²) in [4.78, 5) is 0. The van der Waals surface area contributed by atoms with E-state index in [0.717, 1.165) is 49.9 Å². The summed E-state index contributed by atoms with van der Waals surface area (Å²) in [6.45, 7) is 4.22.